The van der Waals surface area contributed by atoms with Gasteiger partial charge in [-0.3, -0.25) is 0 Å². The first-order valence-corrected chi connectivity index (χ1v) is 11.6. The lowest BCUT2D eigenvalue weighted by atomic mass is 9.52. The average molecular weight is 414 g/mol. The molecule has 1 amide bonds. The topological polar surface area (TPSA) is 92.3 Å². The molecule has 4 fully saturated rings. The number of hydrogen-bond donors (Lipinski definition) is 1. The van der Waals surface area contributed by atoms with E-state index in [1.807, 2.05) is 0 Å². The molecule has 0 saturated heterocycles. The van der Waals surface area contributed by atoms with E-state index in [-0.39, 0.29) is 12.1 Å². The van der Waals surface area contributed by atoms with Crippen LogP contribution in [0.25, 0.3) is 0 Å². The molecule has 2 unspecified atom stereocenters. The molecule has 4 bridgehead atoms. The summed E-state index contributed by atoms with van der Waals surface area (Å²) in [6, 6.07) is 0. The minimum absolute atomic E-state index is 0.119. The summed E-state index contributed by atoms with van der Waals surface area (Å²) in [5.41, 5.74) is -0.755. The molecule has 0 radical (unpaired) electrons. The highest BCUT2D eigenvalue weighted by Crippen LogP contribution is 2.60. The quantitative estimate of drug-likeness (QED) is 0.371. The van der Waals surface area contributed by atoms with E-state index in [9.17, 15) is 9.59 Å². The van der Waals surface area contributed by atoms with Gasteiger partial charge in [-0.2, -0.15) is 0 Å². The fourth-order valence-corrected chi connectivity index (χ4v) is 6.79. The van der Waals surface area contributed by atoms with Gasteiger partial charge in [0.05, 0.1) is 6.17 Å². The van der Waals surface area contributed by atoms with Crippen molar-refractivity contribution in [2.45, 2.75) is 56.7 Å². The van der Waals surface area contributed by atoms with Gasteiger partial charge in [0.15, 0.2) is 0 Å². The summed E-state index contributed by atoms with van der Waals surface area (Å²) in [6.45, 7) is 5.34. The van der Waals surface area contributed by atoms with Crippen molar-refractivity contribution in [3.8, 4) is 0 Å². The largest absolute Gasteiger partial charge is 0.520 e. The first-order valence-electron chi connectivity index (χ1n) is 9.69. The molecule has 8 nitrogen and oxygen atoms in total. The number of alkyl carbamates (subject to hydrolysis) is 1. The lowest BCUT2D eigenvalue weighted by Gasteiger charge is -2.60. The second-order valence-electron chi connectivity index (χ2n) is 8.54. The third kappa shape index (κ3) is 4.12. The number of carbonyl (C=O) groups is 2. The number of amides is 1. The van der Waals surface area contributed by atoms with E-state index in [1.165, 1.54) is 21.3 Å². The SMILES string of the molecule is C=C(C)C(=O)OC12CC3CC(CC(OC(=O)NC[Si](OC)(OC)OC)(C3)C1)C2. The van der Waals surface area contributed by atoms with Crippen molar-refractivity contribution in [1.29, 1.82) is 0 Å². The van der Waals surface area contributed by atoms with Crippen molar-refractivity contribution in [3.63, 3.8) is 0 Å². The average Bonchev–Trinajstić information content (AvgIpc) is 2.61. The van der Waals surface area contributed by atoms with E-state index in [0.29, 0.717) is 23.8 Å². The third-order valence-corrected chi connectivity index (χ3v) is 8.78. The summed E-state index contributed by atoms with van der Waals surface area (Å²) in [5, 5.41) is 2.73. The highest BCUT2D eigenvalue weighted by molar-refractivity contribution is 6.61. The maximum Gasteiger partial charge on any atom is 0.520 e. The molecule has 0 aromatic heterocycles. The molecule has 4 aliphatic carbocycles. The number of carbonyl (C=O) groups excluding carboxylic acids is 2. The Balaban J connectivity index is 1.67. The molecular formula is C19H31NO7Si. The molecule has 0 aromatic carbocycles. The highest BCUT2D eigenvalue weighted by Gasteiger charge is 2.61. The van der Waals surface area contributed by atoms with Gasteiger partial charge < -0.3 is 28.1 Å². The predicted molar refractivity (Wildman–Crippen MR) is 102 cm³/mol. The van der Waals surface area contributed by atoms with Crippen molar-refractivity contribution >= 4 is 20.9 Å². The van der Waals surface area contributed by atoms with E-state index in [4.69, 9.17) is 22.8 Å². The zero-order chi connectivity index (χ0) is 20.6. The molecule has 28 heavy (non-hydrogen) atoms. The summed E-state index contributed by atoms with van der Waals surface area (Å²) >= 11 is 0. The zero-order valence-electron chi connectivity index (χ0n) is 17.2. The molecular weight excluding hydrogens is 382 g/mol. The van der Waals surface area contributed by atoms with Crippen LogP contribution in [0.3, 0.4) is 0 Å². The van der Waals surface area contributed by atoms with Crippen LogP contribution in [0.15, 0.2) is 12.2 Å². The van der Waals surface area contributed by atoms with Crippen molar-refractivity contribution in [1.82, 2.24) is 5.32 Å². The standard InChI is InChI=1S/C19H31NO7Si/c1-13(2)16(21)26-18-7-14-6-15(8-18)10-19(9-14,11-18)27-17(22)20-12-28(23-3,24-4)25-5/h14-15H,1,6-12H2,2-5H3,(H,20,22). The molecule has 0 spiro atoms. The van der Waals surface area contributed by atoms with E-state index in [2.05, 4.69) is 11.9 Å². The first-order chi connectivity index (χ1) is 13.2. The van der Waals surface area contributed by atoms with Crippen molar-refractivity contribution in [2.75, 3.05) is 27.5 Å². The second kappa shape index (κ2) is 7.77. The van der Waals surface area contributed by atoms with Gasteiger partial charge in [-0.15, -0.1) is 0 Å². The summed E-state index contributed by atoms with van der Waals surface area (Å²) < 4.78 is 27.8. The van der Waals surface area contributed by atoms with Gasteiger partial charge >= 0.3 is 20.9 Å². The first kappa shape index (κ1) is 21.3. The number of nitrogens with one attached hydrogen (secondary N) is 1. The molecule has 0 aromatic rings. The maximum absolute atomic E-state index is 12.6. The number of hydrogen-bond acceptors (Lipinski definition) is 7. The Morgan fingerprint density at radius 2 is 1.50 bits per heavy atom. The summed E-state index contributed by atoms with van der Waals surface area (Å²) in [7, 11) is 1.55. The van der Waals surface area contributed by atoms with E-state index < -0.39 is 26.1 Å². The molecule has 0 aliphatic heterocycles. The van der Waals surface area contributed by atoms with Crippen LogP contribution >= 0.6 is 0 Å². The normalized spacial score (nSPS) is 33.4. The molecule has 1 N–H and O–H groups in total. The van der Waals surface area contributed by atoms with Crippen LogP contribution in [0.1, 0.15) is 45.4 Å². The smallest absolute Gasteiger partial charge is 0.456 e. The predicted octanol–water partition coefficient (Wildman–Crippen LogP) is 2.34. The molecule has 158 valence electrons. The van der Waals surface area contributed by atoms with Crippen LogP contribution in [-0.4, -0.2) is 59.6 Å². The molecule has 4 aliphatic rings. The molecule has 0 heterocycles. The Bertz CT molecular complexity index is 626. The Morgan fingerprint density at radius 1 is 1.00 bits per heavy atom. The molecule has 4 saturated carbocycles. The Morgan fingerprint density at radius 3 is 1.96 bits per heavy atom. The Labute approximate surface area is 167 Å². The summed E-state index contributed by atoms with van der Waals surface area (Å²) in [6.07, 6.45) is 4.53. The number of rotatable bonds is 8. The van der Waals surface area contributed by atoms with Gasteiger partial charge in [0.2, 0.25) is 0 Å². The van der Waals surface area contributed by atoms with E-state index in [0.717, 1.165) is 32.1 Å². The van der Waals surface area contributed by atoms with Gasteiger partial charge in [0.1, 0.15) is 11.2 Å². The summed E-state index contributed by atoms with van der Waals surface area (Å²) in [5.74, 6) is 0.437. The summed E-state index contributed by atoms with van der Waals surface area (Å²) in [4.78, 5) is 24.7. The van der Waals surface area contributed by atoms with Crippen molar-refractivity contribution in [3.05, 3.63) is 12.2 Å². The van der Waals surface area contributed by atoms with Gasteiger partial charge in [0.25, 0.3) is 0 Å². The van der Waals surface area contributed by atoms with Crippen LogP contribution in [0, 0.1) is 11.8 Å². The fourth-order valence-electron chi connectivity index (χ4n) is 5.50. The number of ether oxygens (including phenoxy) is 2. The fraction of sp³-hybridized carbons (Fsp3) is 0.789. The van der Waals surface area contributed by atoms with Crippen LogP contribution in [-0.2, 0) is 27.5 Å². The minimum atomic E-state index is -2.92. The molecule has 4 rings (SSSR count). The highest BCUT2D eigenvalue weighted by atomic mass is 28.4. The van der Waals surface area contributed by atoms with Crippen molar-refractivity contribution < 1.29 is 32.3 Å². The monoisotopic (exact) mass is 413 g/mol. The van der Waals surface area contributed by atoms with Gasteiger partial charge in [0, 0.05) is 33.3 Å². The maximum atomic E-state index is 12.6. The van der Waals surface area contributed by atoms with Crippen molar-refractivity contribution in [2.24, 2.45) is 11.8 Å². The van der Waals surface area contributed by atoms with Crippen LogP contribution in [0.2, 0.25) is 0 Å². The van der Waals surface area contributed by atoms with Crippen LogP contribution < -0.4 is 5.32 Å². The lowest BCUT2D eigenvalue weighted by molar-refractivity contribution is -0.216. The lowest BCUT2D eigenvalue weighted by Crippen LogP contribution is -2.62. The Kier molecular flexibility index (Phi) is 5.91. The van der Waals surface area contributed by atoms with E-state index >= 15 is 0 Å². The minimum Gasteiger partial charge on any atom is -0.456 e. The van der Waals surface area contributed by atoms with Gasteiger partial charge in [-0.1, -0.05) is 6.58 Å². The van der Waals surface area contributed by atoms with Crippen LogP contribution in [0.4, 0.5) is 4.79 Å². The van der Waals surface area contributed by atoms with Crippen LogP contribution in [0.5, 0.6) is 0 Å². The number of esters is 1. The third-order valence-electron chi connectivity index (χ3n) is 6.30. The second-order valence-corrected chi connectivity index (χ2v) is 11.5. The molecule has 9 heteroatoms. The van der Waals surface area contributed by atoms with E-state index in [1.54, 1.807) is 6.92 Å². The Hall–Kier alpha value is -1.42. The van der Waals surface area contributed by atoms with Gasteiger partial charge in [-0.25, -0.2) is 9.59 Å². The van der Waals surface area contributed by atoms with Gasteiger partial charge in [-0.05, 0) is 50.9 Å². The molecule has 2 atom stereocenters. The zero-order valence-corrected chi connectivity index (χ0v) is 18.2.